The van der Waals surface area contributed by atoms with E-state index in [0.29, 0.717) is 11.1 Å². The molecular formula is C8H6ClNO2S. The summed E-state index contributed by atoms with van der Waals surface area (Å²) in [4.78, 5) is -0.0364. The van der Waals surface area contributed by atoms with E-state index in [9.17, 15) is 8.42 Å². The normalized spacial score (nSPS) is 10.8. The Hall–Kier alpha value is -1.05. The number of rotatable bonds is 1. The van der Waals surface area contributed by atoms with Crippen LogP contribution in [0, 0.1) is 18.3 Å². The third kappa shape index (κ3) is 2.44. The lowest BCUT2D eigenvalue weighted by atomic mass is 10.2. The van der Waals surface area contributed by atoms with Crippen LogP contribution in [0.15, 0.2) is 23.1 Å². The highest BCUT2D eigenvalue weighted by Crippen LogP contribution is 2.18. The van der Waals surface area contributed by atoms with Gasteiger partial charge < -0.3 is 0 Å². The van der Waals surface area contributed by atoms with Gasteiger partial charge in [-0.1, -0.05) is 0 Å². The molecule has 0 aliphatic rings. The van der Waals surface area contributed by atoms with E-state index < -0.39 is 9.05 Å². The topological polar surface area (TPSA) is 57.9 Å². The van der Waals surface area contributed by atoms with Crippen molar-refractivity contribution >= 4 is 19.7 Å². The molecule has 1 aromatic rings. The first kappa shape index (κ1) is 10.0. The van der Waals surface area contributed by atoms with Gasteiger partial charge in [-0.3, -0.25) is 0 Å². The van der Waals surface area contributed by atoms with Crippen molar-refractivity contribution in [1.29, 1.82) is 5.26 Å². The lowest BCUT2D eigenvalue weighted by Gasteiger charge is -1.98. The second kappa shape index (κ2) is 3.36. The molecule has 13 heavy (non-hydrogen) atoms. The van der Waals surface area contributed by atoms with Crippen molar-refractivity contribution in [3.63, 3.8) is 0 Å². The molecule has 3 nitrogen and oxygen atoms in total. The Labute approximate surface area is 81.0 Å². The van der Waals surface area contributed by atoms with Gasteiger partial charge in [0, 0.05) is 10.7 Å². The molecule has 0 heterocycles. The van der Waals surface area contributed by atoms with Crippen molar-refractivity contribution in [1.82, 2.24) is 0 Å². The monoisotopic (exact) mass is 215 g/mol. The SMILES string of the molecule is Cc1cc(C#N)cc(S(=O)(=O)Cl)c1. The van der Waals surface area contributed by atoms with Crippen LogP contribution in [0.4, 0.5) is 0 Å². The molecule has 68 valence electrons. The first-order valence-electron chi connectivity index (χ1n) is 3.40. The van der Waals surface area contributed by atoms with Crippen LogP contribution in [0.25, 0.3) is 0 Å². The van der Waals surface area contributed by atoms with E-state index in [1.165, 1.54) is 12.1 Å². The molecule has 0 saturated carbocycles. The summed E-state index contributed by atoms with van der Waals surface area (Å²) in [5.74, 6) is 0. The third-order valence-corrected chi connectivity index (χ3v) is 2.79. The highest BCUT2D eigenvalue weighted by Gasteiger charge is 2.10. The number of halogens is 1. The zero-order chi connectivity index (χ0) is 10.1. The standard InChI is InChI=1S/C8H6ClNO2S/c1-6-2-7(5-10)4-8(3-6)13(9,11)12/h2-4H,1H3. The summed E-state index contributed by atoms with van der Waals surface area (Å²) in [6, 6.07) is 6.11. The molecule has 0 aliphatic heterocycles. The maximum atomic E-state index is 10.9. The number of aryl methyl sites for hydroxylation is 1. The Kier molecular flexibility index (Phi) is 2.60. The molecule has 1 aromatic carbocycles. The van der Waals surface area contributed by atoms with Crippen molar-refractivity contribution in [2.75, 3.05) is 0 Å². The number of nitrogens with zero attached hydrogens (tertiary/aromatic N) is 1. The molecule has 5 heteroatoms. The van der Waals surface area contributed by atoms with Crippen molar-refractivity contribution < 1.29 is 8.42 Å². The van der Waals surface area contributed by atoms with Crippen LogP contribution >= 0.6 is 10.7 Å². The Balaban J connectivity index is 3.44. The molecule has 0 bridgehead atoms. The summed E-state index contributed by atoms with van der Waals surface area (Å²) in [7, 11) is 1.39. The lowest BCUT2D eigenvalue weighted by molar-refractivity contribution is 0.609. The summed E-state index contributed by atoms with van der Waals surface area (Å²) in [6.07, 6.45) is 0. The minimum Gasteiger partial charge on any atom is -0.207 e. The van der Waals surface area contributed by atoms with E-state index in [4.69, 9.17) is 15.9 Å². The predicted molar refractivity (Wildman–Crippen MR) is 48.9 cm³/mol. The van der Waals surface area contributed by atoms with Gasteiger partial charge >= 0.3 is 0 Å². The second-order valence-corrected chi connectivity index (χ2v) is 5.15. The number of nitriles is 1. The molecular weight excluding hydrogens is 210 g/mol. The maximum Gasteiger partial charge on any atom is 0.261 e. The van der Waals surface area contributed by atoms with Gasteiger partial charge in [-0.2, -0.15) is 5.26 Å². The fourth-order valence-corrected chi connectivity index (χ4v) is 1.81. The molecule has 1 rings (SSSR count). The maximum absolute atomic E-state index is 10.9. The third-order valence-electron chi connectivity index (χ3n) is 1.46. The summed E-state index contributed by atoms with van der Waals surface area (Å²) >= 11 is 0. The Morgan fingerprint density at radius 2 is 2.00 bits per heavy atom. The van der Waals surface area contributed by atoms with Gasteiger partial charge in [0.05, 0.1) is 16.5 Å². The molecule has 0 radical (unpaired) electrons. The highest BCUT2D eigenvalue weighted by atomic mass is 35.7. The zero-order valence-electron chi connectivity index (χ0n) is 6.78. The number of hydrogen-bond donors (Lipinski definition) is 0. The average Bonchev–Trinajstić information content (AvgIpc) is 2.01. The van der Waals surface area contributed by atoms with Gasteiger partial charge in [0.15, 0.2) is 0 Å². The summed E-state index contributed by atoms with van der Waals surface area (Å²) in [5.41, 5.74) is 0.984. The second-order valence-electron chi connectivity index (χ2n) is 2.58. The summed E-state index contributed by atoms with van der Waals surface area (Å²) < 4.78 is 21.8. The van der Waals surface area contributed by atoms with Crippen molar-refractivity contribution in [2.45, 2.75) is 11.8 Å². The molecule has 0 spiro atoms. The minimum atomic E-state index is -3.74. The quantitative estimate of drug-likeness (QED) is 0.672. The van der Waals surface area contributed by atoms with Crippen LogP contribution in [0.5, 0.6) is 0 Å². The molecule has 0 N–H and O–H groups in total. The number of hydrogen-bond acceptors (Lipinski definition) is 3. The van der Waals surface area contributed by atoms with E-state index in [1.807, 2.05) is 6.07 Å². The van der Waals surface area contributed by atoms with Crippen LogP contribution in [0.1, 0.15) is 11.1 Å². The largest absolute Gasteiger partial charge is 0.261 e. The molecule has 0 saturated heterocycles. The fourth-order valence-electron chi connectivity index (χ4n) is 0.953. The Morgan fingerprint density at radius 1 is 1.38 bits per heavy atom. The molecule has 0 atom stereocenters. The van der Waals surface area contributed by atoms with E-state index >= 15 is 0 Å². The van der Waals surface area contributed by atoms with Gasteiger partial charge in [-0.05, 0) is 30.7 Å². The van der Waals surface area contributed by atoms with Crippen molar-refractivity contribution in [3.8, 4) is 6.07 Å². The summed E-state index contributed by atoms with van der Waals surface area (Å²) in [5, 5.41) is 8.56. The zero-order valence-corrected chi connectivity index (χ0v) is 8.35. The minimum absolute atomic E-state index is 0.0364. The fraction of sp³-hybridized carbons (Fsp3) is 0.125. The van der Waals surface area contributed by atoms with Crippen LogP contribution < -0.4 is 0 Å². The molecule has 0 amide bonds. The average molecular weight is 216 g/mol. The van der Waals surface area contributed by atoms with E-state index in [0.717, 1.165) is 0 Å². The van der Waals surface area contributed by atoms with Gasteiger partial charge in [-0.25, -0.2) is 8.42 Å². The van der Waals surface area contributed by atoms with E-state index in [-0.39, 0.29) is 4.90 Å². The molecule has 0 unspecified atom stereocenters. The number of benzene rings is 1. The Morgan fingerprint density at radius 3 is 2.46 bits per heavy atom. The van der Waals surface area contributed by atoms with E-state index in [2.05, 4.69) is 0 Å². The van der Waals surface area contributed by atoms with Crippen LogP contribution in [-0.2, 0) is 9.05 Å². The molecule has 0 fully saturated rings. The van der Waals surface area contributed by atoms with Gasteiger partial charge in [0.1, 0.15) is 0 Å². The summed E-state index contributed by atoms with van der Waals surface area (Å²) in [6.45, 7) is 1.70. The smallest absolute Gasteiger partial charge is 0.207 e. The molecule has 0 aliphatic carbocycles. The first-order valence-corrected chi connectivity index (χ1v) is 5.71. The van der Waals surface area contributed by atoms with Crippen molar-refractivity contribution in [3.05, 3.63) is 29.3 Å². The van der Waals surface area contributed by atoms with Gasteiger partial charge in [0.25, 0.3) is 9.05 Å². The highest BCUT2D eigenvalue weighted by molar-refractivity contribution is 8.13. The van der Waals surface area contributed by atoms with Crippen molar-refractivity contribution in [2.24, 2.45) is 0 Å². The van der Waals surface area contributed by atoms with Gasteiger partial charge in [0.2, 0.25) is 0 Å². The predicted octanol–water partition coefficient (Wildman–Crippen LogP) is 1.79. The van der Waals surface area contributed by atoms with Crippen LogP contribution in [0.2, 0.25) is 0 Å². The van der Waals surface area contributed by atoms with E-state index in [1.54, 1.807) is 13.0 Å². The first-order chi connectivity index (χ1) is 5.93. The lowest BCUT2D eigenvalue weighted by Crippen LogP contribution is -1.92. The molecule has 0 aromatic heterocycles. The van der Waals surface area contributed by atoms with Crippen LogP contribution in [-0.4, -0.2) is 8.42 Å². The van der Waals surface area contributed by atoms with Crippen LogP contribution in [0.3, 0.4) is 0 Å². The Bertz CT molecular complexity index is 473. The van der Waals surface area contributed by atoms with Gasteiger partial charge in [-0.15, -0.1) is 0 Å².